The summed E-state index contributed by atoms with van der Waals surface area (Å²) in [6.45, 7) is 0.207. The van der Waals surface area contributed by atoms with E-state index in [9.17, 15) is 4.79 Å². The van der Waals surface area contributed by atoms with Gasteiger partial charge in [0.15, 0.2) is 0 Å². The van der Waals surface area contributed by atoms with Crippen LogP contribution in [-0.2, 0) is 4.79 Å². The van der Waals surface area contributed by atoms with Crippen LogP contribution in [0, 0.1) is 3.57 Å². The van der Waals surface area contributed by atoms with E-state index in [0.29, 0.717) is 0 Å². The van der Waals surface area contributed by atoms with Gasteiger partial charge in [-0.15, -0.1) is 0 Å². The summed E-state index contributed by atoms with van der Waals surface area (Å²) in [6.07, 6.45) is 0. The second kappa shape index (κ2) is 7.14. The largest absolute Gasteiger partial charge is 0.497 e. The number of methoxy groups -OCH3 is 1. The zero-order valence-corrected chi connectivity index (χ0v) is 13.2. The summed E-state index contributed by atoms with van der Waals surface area (Å²) in [7, 11) is 1.61. The van der Waals surface area contributed by atoms with Crippen molar-refractivity contribution < 1.29 is 9.53 Å². The maximum absolute atomic E-state index is 11.8. The summed E-state index contributed by atoms with van der Waals surface area (Å²) in [5, 5.41) is 5.89. The molecule has 0 unspecified atom stereocenters. The van der Waals surface area contributed by atoms with E-state index < -0.39 is 0 Å². The monoisotopic (exact) mass is 382 g/mol. The molecule has 5 heteroatoms. The molecule has 0 saturated carbocycles. The van der Waals surface area contributed by atoms with Crippen molar-refractivity contribution in [3.63, 3.8) is 0 Å². The Kier molecular flexibility index (Phi) is 5.23. The Balaban J connectivity index is 1.87. The number of rotatable bonds is 5. The highest BCUT2D eigenvalue weighted by atomic mass is 127. The van der Waals surface area contributed by atoms with Crippen molar-refractivity contribution in [2.24, 2.45) is 0 Å². The SMILES string of the molecule is COc1cccc(NCC(=O)Nc2ccc(I)cc2)c1. The first-order valence-corrected chi connectivity index (χ1v) is 7.18. The Morgan fingerprint density at radius 1 is 1.15 bits per heavy atom. The third kappa shape index (κ3) is 4.41. The molecule has 2 N–H and O–H groups in total. The molecule has 0 aliphatic heterocycles. The number of carbonyl (C=O) groups excluding carboxylic acids is 1. The summed E-state index contributed by atoms with van der Waals surface area (Å²) < 4.78 is 6.26. The third-order valence-electron chi connectivity index (χ3n) is 2.65. The van der Waals surface area contributed by atoms with Crippen LogP contribution < -0.4 is 15.4 Å². The molecule has 2 aromatic carbocycles. The minimum Gasteiger partial charge on any atom is -0.497 e. The normalized spacial score (nSPS) is 9.90. The topological polar surface area (TPSA) is 50.4 Å². The fourth-order valence-corrected chi connectivity index (χ4v) is 2.01. The summed E-state index contributed by atoms with van der Waals surface area (Å²) >= 11 is 2.22. The minimum absolute atomic E-state index is 0.0889. The Morgan fingerprint density at radius 3 is 2.60 bits per heavy atom. The van der Waals surface area contributed by atoms with Crippen molar-refractivity contribution in [2.75, 3.05) is 24.3 Å². The van der Waals surface area contributed by atoms with Gasteiger partial charge in [-0.3, -0.25) is 4.79 Å². The minimum atomic E-state index is -0.0889. The Morgan fingerprint density at radius 2 is 1.90 bits per heavy atom. The van der Waals surface area contributed by atoms with Crippen molar-refractivity contribution in [1.82, 2.24) is 0 Å². The van der Waals surface area contributed by atoms with Crippen molar-refractivity contribution in [2.45, 2.75) is 0 Å². The van der Waals surface area contributed by atoms with Crippen LogP contribution in [0.1, 0.15) is 0 Å². The molecular formula is C15H15IN2O2. The van der Waals surface area contributed by atoms with Crippen molar-refractivity contribution in [3.05, 3.63) is 52.1 Å². The number of hydrogen-bond acceptors (Lipinski definition) is 3. The number of hydrogen-bond donors (Lipinski definition) is 2. The Labute approximate surface area is 131 Å². The zero-order chi connectivity index (χ0) is 14.4. The molecule has 0 heterocycles. The molecule has 0 spiro atoms. The highest BCUT2D eigenvalue weighted by Crippen LogP contribution is 2.16. The van der Waals surface area contributed by atoms with Crippen molar-refractivity contribution >= 4 is 39.9 Å². The number of benzene rings is 2. The predicted octanol–water partition coefficient (Wildman–Crippen LogP) is 3.35. The Hall–Kier alpha value is -1.76. The molecular weight excluding hydrogens is 367 g/mol. The summed E-state index contributed by atoms with van der Waals surface area (Å²) in [5.41, 5.74) is 1.64. The maximum atomic E-state index is 11.8. The van der Waals surface area contributed by atoms with E-state index in [0.717, 1.165) is 20.7 Å². The van der Waals surface area contributed by atoms with Crippen LogP contribution in [0.5, 0.6) is 5.75 Å². The molecule has 0 aromatic heterocycles. The molecule has 104 valence electrons. The van der Waals surface area contributed by atoms with E-state index in [-0.39, 0.29) is 12.5 Å². The van der Waals surface area contributed by atoms with Gasteiger partial charge in [0.05, 0.1) is 13.7 Å². The first-order valence-electron chi connectivity index (χ1n) is 6.11. The lowest BCUT2D eigenvalue weighted by Crippen LogP contribution is -2.21. The standard InChI is InChI=1S/C15H15IN2O2/c1-20-14-4-2-3-13(9-14)17-10-15(19)18-12-7-5-11(16)6-8-12/h2-9,17H,10H2,1H3,(H,18,19). The van der Waals surface area contributed by atoms with Crippen LogP contribution in [0.3, 0.4) is 0 Å². The molecule has 0 bridgehead atoms. The number of nitrogens with one attached hydrogen (secondary N) is 2. The van der Waals surface area contributed by atoms with Crippen molar-refractivity contribution in [3.8, 4) is 5.75 Å². The molecule has 0 radical (unpaired) electrons. The molecule has 0 saturated heterocycles. The maximum Gasteiger partial charge on any atom is 0.243 e. The summed E-state index contributed by atoms with van der Waals surface area (Å²) in [5.74, 6) is 0.669. The number of ether oxygens (including phenoxy) is 1. The third-order valence-corrected chi connectivity index (χ3v) is 3.37. The predicted molar refractivity (Wildman–Crippen MR) is 89.3 cm³/mol. The van der Waals surface area contributed by atoms with Crippen molar-refractivity contribution in [1.29, 1.82) is 0 Å². The number of amides is 1. The van der Waals surface area contributed by atoms with Crippen LogP contribution in [0.4, 0.5) is 11.4 Å². The van der Waals surface area contributed by atoms with E-state index in [4.69, 9.17) is 4.74 Å². The fourth-order valence-electron chi connectivity index (χ4n) is 1.65. The van der Waals surface area contributed by atoms with Gasteiger partial charge in [-0.25, -0.2) is 0 Å². The quantitative estimate of drug-likeness (QED) is 0.780. The van der Waals surface area contributed by atoms with Crippen LogP contribution >= 0.6 is 22.6 Å². The van der Waals surface area contributed by atoms with Gasteiger partial charge in [-0.05, 0) is 59.0 Å². The first-order chi connectivity index (χ1) is 9.67. The highest BCUT2D eigenvalue weighted by Gasteiger charge is 2.02. The molecule has 0 aliphatic carbocycles. The van der Waals surface area contributed by atoms with Gasteiger partial charge in [0, 0.05) is 21.0 Å². The van der Waals surface area contributed by atoms with Gasteiger partial charge < -0.3 is 15.4 Å². The molecule has 0 fully saturated rings. The number of halogens is 1. The average Bonchev–Trinajstić information content (AvgIpc) is 2.48. The van der Waals surface area contributed by atoms with Gasteiger partial charge in [-0.1, -0.05) is 6.07 Å². The van der Waals surface area contributed by atoms with E-state index in [1.807, 2.05) is 48.5 Å². The Bertz CT molecular complexity index is 585. The molecule has 4 nitrogen and oxygen atoms in total. The summed E-state index contributed by atoms with van der Waals surface area (Å²) in [4.78, 5) is 11.8. The highest BCUT2D eigenvalue weighted by molar-refractivity contribution is 14.1. The van der Waals surface area contributed by atoms with Crippen LogP contribution in [-0.4, -0.2) is 19.6 Å². The lowest BCUT2D eigenvalue weighted by Gasteiger charge is -2.09. The van der Waals surface area contributed by atoms with Gasteiger partial charge in [0.25, 0.3) is 0 Å². The molecule has 0 atom stereocenters. The van der Waals surface area contributed by atoms with Crippen LogP contribution in [0.25, 0.3) is 0 Å². The first kappa shape index (κ1) is 14.6. The van der Waals surface area contributed by atoms with E-state index in [1.165, 1.54) is 0 Å². The van der Waals surface area contributed by atoms with E-state index in [1.54, 1.807) is 7.11 Å². The lowest BCUT2D eigenvalue weighted by molar-refractivity contribution is -0.114. The molecule has 2 aromatic rings. The summed E-state index contributed by atoms with van der Waals surface area (Å²) in [6, 6.07) is 15.1. The van der Waals surface area contributed by atoms with Gasteiger partial charge >= 0.3 is 0 Å². The average molecular weight is 382 g/mol. The molecule has 20 heavy (non-hydrogen) atoms. The van der Waals surface area contributed by atoms with Gasteiger partial charge in [0.1, 0.15) is 5.75 Å². The fraction of sp³-hybridized carbons (Fsp3) is 0.133. The van der Waals surface area contributed by atoms with E-state index in [2.05, 4.69) is 33.2 Å². The van der Waals surface area contributed by atoms with Gasteiger partial charge in [0.2, 0.25) is 5.91 Å². The number of carbonyl (C=O) groups is 1. The smallest absolute Gasteiger partial charge is 0.243 e. The van der Waals surface area contributed by atoms with E-state index >= 15 is 0 Å². The van der Waals surface area contributed by atoms with Crippen LogP contribution in [0.15, 0.2) is 48.5 Å². The second-order valence-corrected chi connectivity index (χ2v) is 5.39. The molecule has 2 rings (SSSR count). The molecule has 1 amide bonds. The lowest BCUT2D eigenvalue weighted by atomic mass is 10.3. The second-order valence-electron chi connectivity index (χ2n) is 4.14. The zero-order valence-electron chi connectivity index (χ0n) is 11.0. The van der Waals surface area contributed by atoms with Gasteiger partial charge in [-0.2, -0.15) is 0 Å². The van der Waals surface area contributed by atoms with Crippen LogP contribution in [0.2, 0.25) is 0 Å². The number of anilines is 2. The molecule has 0 aliphatic rings.